The molecule has 0 aliphatic carbocycles. The van der Waals surface area contributed by atoms with E-state index in [1.165, 1.54) is 0 Å². The number of nitrogens with two attached hydrogens (primary N) is 1. The predicted octanol–water partition coefficient (Wildman–Crippen LogP) is 3.89. The molecule has 19 heavy (non-hydrogen) atoms. The molecule has 2 aromatic rings. The fraction of sp³-hybridized carbons (Fsp3) is 0.286. The van der Waals surface area contributed by atoms with Crippen LogP contribution in [0.4, 0.5) is 17.3 Å². The van der Waals surface area contributed by atoms with Crippen molar-refractivity contribution < 1.29 is 0 Å². The van der Waals surface area contributed by atoms with Gasteiger partial charge in [0, 0.05) is 11.5 Å². The maximum Gasteiger partial charge on any atom is 0.139 e. The van der Waals surface area contributed by atoms with E-state index < -0.39 is 0 Å². The summed E-state index contributed by atoms with van der Waals surface area (Å²) in [6, 6.07) is 7.52. The van der Waals surface area contributed by atoms with E-state index in [-0.39, 0.29) is 5.92 Å². The van der Waals surface area contributed by atoms with Crippen LogP contribution in [0.3, 0.4) is 0 Å². The van der Waals surface area contributed by atoms with Crippen molar-refractivity contribution in [3.63, 3.8) is 0 Å². The summed E-state index contributed by atoms with van der Waals surface area (Å²) in [6.07, 6.45) is 0. The van der Waals surface area contributed by atoms with Crippen LogP contribution in [-0.4, -0.2) is 9.97 Å². The summed E-state index contributed by atoms with van der Waals surface area (Å²) in [5.41, 5.74) is 7.56. The summed E-state index contributed by atoms with van der Waals surface area (Å²) in [5.74, 6) is 2.13. The number of hydrogen-bond acceptors (Lipinski definition) is 4. The third kappa shape index (κ3) is 2.96. The van der Waals surface area contributed by atoms with Crippen LogP contribution in [0, 0.1) is 6.92 Å². The van der Waals surface area contributed by atoms with Crippen molar-refractivity contribution in [3.05, 3.63) is 40.7 Å². The molecule has 1 heterocycles. The van der Waals surface area contributed by atoms with E-state index in [2.05, 4.69) is 15.3 Å². The Morgan fingerprint density at radius 2 is 1.89 bits per heavy atom. The predicted molar refractivity (Wildman–Crippen MR) is 80.0 cm³/mol. The highest BCUT2D eigenvalue weighted by atomic mass is 35.5. The maximum absolute atomic E-state index is 6.13. The third-order valence-corrected chi connectivity index (χ3v) is 3.17. The highest BCUT2D eigenvalue weighted by Gasteiger charge is 2.12. The fourth-order valence-corrected chi connectivity index (χ4v) is 1.80. The number of anilines is 3. The zero-order chi connectivity index (χ0) is 14.0. The Morgan fingerprint density at radius 1 is 1.21 bits per heavy atom. The highest BCUT2D eigenvalue weighted by Crippen LogP contribution is 2.28. The van der Waals surface area contributed by atoms with E-state index in [0.29, 0.717) is 16.7 Å². The Labute approximate surface area is 118 Å². The van der Waals surface area contributed by atoms with Gasteiger partial charge in [-0.2, -0.15) is 0 Å². The van der Waals surface area contributed by atoms with Gasteiger partial charge in [0.2, 0.25) is 0 Å². The van der Waals surface area contributed by atoms with E-state index >= 15 is 0 Å². The molecule has 0 spiro atoms. The summed E-state index contributed by atoms with van der Waals surface area (Å²) in [6.45, 7) is 5.95. The number of benzene rings is 1. The fourth-order valence-electron chi connectivity index (χ4n) is 1.62. The molecule has 0 atom stereocenters. The highest BCUT2D eigenvalue weighted by molar-refractivity contribution is 6.33. The molecule has 0 unspecified atom stereocenters. The second-order valence-electron chi connectivity index (χ2n) is 4.70. The van der Waals surface area contributed by atoms with E-state index in [9.17, 15) is 0 Å². The van der Waals surface area contributed by atoms with Crippen molar-refractivity contribution in [1.82, 2.24) is 9.97 Å². The van der Waals surface area contributed by atoms with Gasteiger partial charge in [0.1, 0.15) is 17.5 Å². The van der Waals surface area contributed by atoms with Crippen LogP contribution < -0.4 is 11.1 Å². The number of hydrogen-bond donors (Lipinski definition) is 2. The minimum absolute atomic E-state index is 0.217. The zero-order valence-electron chi connectivity index (χ0n) is 11.2. The standard InChI is InChI=1S/C14H17ClN4/c1-8(2)13-18-12(16)9(3)14(19-13)17-11-7-5-4-6-10(11)15/h4-8H,1-3H3,(H3,16,17,18,19). The number of nitrogen functional groups attached to an aromatic ring is 1. The van der Waals surface area contributed by atoms with Gasteiger partial charge in [-0.05, 0) is 19.1 Å². The minimum atomic E-state index is 0.217. The third-order valence-electron chi connectivity index (χ3n) is 2.84. The van der Waals surface area contributed by atoms with Gasteiger partial charge in [-0.1, -0.05) is 37.6 Å². The smallest absolute Gasteiger partial charge is 0.139 e. The van der Waals surface area contributed by atoms with Gasteiger partial charge in [-0.25, -0.2) is 9.97 Å². The summed E-state index contributed by atoms with van der Waals surface area (Å²) >= 11 is 6.13. The molecule has 5 heteroatoms. The van der Waals surface area contributed by atoms with E-state index in [0.717, 1.165) is 17.1 Å². The van der Waals surface area contributed by atoms with Crippen molar-refractivity contribution in [2.45, 2.75) is 26.7 Å². The summed E-state index contributed by atoms with van der Waals surface area (Å²) in [4.78, 5) is 8.80. The number of halogens is 1. The normalized spacial score (nSPS) is 10.8. The van der Waals surface area contributed by atoms with Crippen molar-refractivity contribution in [1.29, 1.82) is 0 Å². The van der Waals surface area contributed by atoms with Crippen LogP contribution in [0.15, 0.2) is 24.3 Å². The molecule has 1 aromatic heterocycles. The Hall–Kier alpha value is -1.81. The van der Waals surface area contributed by atoms with E-state index in [1.807, 2.05) is 45.0 Å². The summed E-state index contributed by atoms with van der Waals surface area (Å²) in [7, 11) is 0. The van der Waals surface area contributed by atoms with E-state index in [1.54, 1.807) is 0 Å². The SMILES string of the molecule is Cc1c(N)nc(C(C)C)nc1Nc1ccccc1Cl. The summed E-state index contributed by atoms with van der Waals surface area (Å²) in [5, 5.41) is 3.86. The number of nitrogens with zero attached hydrogens (tertiary/aromatic N) is 2. The molecule has 0 saturated carbocycles. The molecule has 1 aromatic carbocycles. The van der Waals surface area contributed by atoms with Crippen LogP contribution in [-0.2, 0) is 0 Å². The van der Waals surface area contributed by atoms with Gasteiger partial charge in [0.05, 0.1) is 10.7 Å². The Kier molecular flexibility index (Phi) is 3.90. The first kappa shape index (κ1) is 13.6. The van der Waals surface area contributed by atoms with Crippen molar-refractivity contribution >= 4 is 28.9 Å². The van der Waals surface area contributed by atoms with Gasteiger partial charge >= 0.3 is 0 Å². The number of nitrogens with one attached hydrogen (secondary N) is 1. The molecule has 0 aliphatic rings. The molecule has 0 bridgehead atoms. The topological polar surface area (TPSA) is 63.8 Å². The molecule has 4 nitrogen and oxygen atoms in total. The zero-order valence-corrected chi connectivity index (χ0v) is 12.0. The molecule has 100 valence electrons. The lowest BCUT2D eigenvalue weighted by molar-refractivity contribution is 0.776. The first-order valence-electron chi connectivity index (χ1n) is 6.14. The molecule has 0 fully saturated rings. The van der Waals surface area contributed by atoms with Crippen LogP contribution in [0.5, 0.6) is 0 Å². The average molecular weight is 277 g/mol. The van der Waals surface area contributed by atoms with Gasteiger partial charge in [-0.3, -0.25) is 0 Å². The lowest BCUT2D eigenvalue weighted by Crippen LogP contribution is -2.08. The van der Waals surface area contributed by atoms with Crippen molar-refractivity contribution in [3.8, 4) is 0 Å². The van der Waals surface area contributed by atoms with Crippen LogP contribution in [0.2, 0.25) is 5.02 Å². The minimum Gasteiger partial charge on any atom is -0.383 e. The van der Waals surface area contributed by atoms with Crippen LogP contribution in [0.1, 0.15) is 31.2 Å². The lowest BCUT2D eigenvalue weighted by Gasteiger charge is -2.14. The largest absolute Gasteiger partial charge is 0.383 e. The molecular weight excluding hydrogens is 260 g/mol. The maximum atomic E-state index is 6.13. The second kappa shape index (κ2) is 5.45. The molecule has 0 aliphatic heterocycles. The number of para-hydroxylation sites is 1. The molecule has 2 rings (SSSR count). The van der Waals surface area contributed by atoms with Gasteiger partial charge in [0.25, 0.3) is 0 Å². The molecule has 0 saturated heterocycles. The van der Waals surface area contributed by atoms with Gasteiger partial charge in [-0.15, -0.1) is 0 Å². The van der Waals surface area contributed by atoms with Crippen LogP contribution in [0.25, 0.3) is 0 Å². The number of aromatic nitrogens is 2. The van der Waals surface area contributed by atoms with Crippen LogP contribution >= 0.6 is 11.6 Å². The quantitative estimate of drug-likeness (QED) is 0.893. The molecule has 0 amide bonds. The Bertz CT molecular complexity index is 596. The first-order chi connectivity index (χ1) is 8.99. The summed E-state index contributed by atoms with van der Waals surface area (Å²) < 4.78 is 0. The van der Waals surface area contributed by atoms with Crippen molar-refractivity contribution in [2.75, 3.05) is 11.1 Å². The Balaban J connectivity index is 2.42. The second-order valence-corrected chi connectivity index (χ2v) is 5.11. The van der Waals surface area contributed by atoms with Gasteiger partial charge in [0.15, 0.2) is 0 Å². The molecule has 0 radical (unpaired) electrons. The average Bonchev–Trinajstić information content (AvgIpc) is 2.37. The van der Waals surface area contributed by atoms with Gasteiger partial charge < -0.3 is 11.1 Å². The monoisotopic (exact) mass is 276 g/mol. The van der Waals surface area contributed by atoms with Crippen molar-refractivity contribution in [2.24, 2.45) is 0 Å². The molecular formula is C14H17ClN4. The first-order valence-corrected chi connectivity index (χ1v) is 6.52. The molecule has 3 N–H and O–H groups in total. The number of rotatable bonds is 3. The Morgan fingerprint density at radius 3 is 2.53 bits per heavy atom. The lowest BCUT2D eigenvalue weighted by atomic mass is 10.2. The van der Waals surface area contributed by atoms with E-state index in [4.69, 9.17) is 17.3 Å².